The van der Waals surface area contributed by atoms with E-state index < -0.39 is 10.2 Å². The maximum Gasteiger partial charge on any atom is 0.282 e. The zero-order valence-corrected chi connectivity index (χ0v) is 15.0. The number of anilines is 1. The van der Waals surface area contributed by atoms with E-state index in [9.17, 15) is 13.2 Å². The Bertz CT molecular complexity index is 669. The average molecular weight is 368 g/mol. The molecule has 0 atom stereocenters. The molecule has 1 aromatic carbocycles. The third-order valence-corrected chi connectivity index (χ3v) is 6.47. The average Bonchev–Trinajstić information content (AvgIpc) is 2.68. The molecule has 1 N–H and O–H groups in total. The van der Waals surface area contributed by atoms with Crippen molar-refractivity contribution in [2.24, 2.45) is 0 Å². The molecule has 2 aliphatic heterocycles. The smallest absolute Gasteiger partial charge is 0.282 e. The Labute approximate surface area is 148 Å². The van der Waals surface area contributed by atoms with Crippen LogP contribution in [0.2, 0.25) is 0 Å². The molecule has 0 bridgehead atoms. The van der Waals surface area contributed by atoms with Gasteiger partial charge in [0.2, 0.25) is 5.91 Å². The van der Waals surface area contributed by atoms with E-state index in [1.165, 1.54) is 8.61 Å². The van der Waals surface area contributed by atoms with E-state index in [0.29, 0.717) is 52.5 Å². The summed E-state index contributed by atoms with van der Waals surface area (Å²) in [5.74, 6) is -0.0210. The first-order valence-electron chi connectivity index (χ1n) is 8.47. The van der Waals surface area contributed by atoms with Gasteiger partial charge in [0.15, 0.2) is 0 Å². The number of para-hydroxylation sites is 1. The van der Waals surface area contributed by atoms with E-state index in [1.807, 2.05) is 30.3 Å². The Balaban J connectivity index is 1.48. The van der Waals surface area contributed by atoms with E-state index in [1.54, 1.807) is 4.90 Å². The summed E-state index contributed by atoms with van der Waals surface area (Å²) in [6.07, 6.45) is 0. The third-order valence-electron chi connectivity index (χ3n) is 4.43. The van der Waals surface area contributed by atoms with Crippen molar-refractivity contribution in [1.82, 2.24) is 13.5 Å². The lowest BCUT2D eigenvalue weighted by molar-refractivity contribution is -0.130. The summed E-state index contributed by atoms with van der Waals surface area (Å²) in [7, 11) is -3.46. The fourth-order valence-electron chi connectivity index (χ4n) is 2.95. The fourth-order valence-corrected chi connectivity index (χ4v) is 4.52. The summed E-state index contributed by atoms with van der Waals surface area (Å²) in [5, 5.41) is 3.09. The number of carbonyl (C=O) groups is 1. The molecule has 0 unspecified atom stereocenters. The number of nitrogens with one attached hydrogen (secondary N) is 1. The molecule has 1 amide bonds. The predicted molar refractivity (Wildman–Crippen MR) is 94.4 cm³/mol. The highest BCUT2D eigenvalue weighted by Crippen LogP contribution is 2.14. The highest BCUT2D eigenvalue weighted by Gasteiger charge is 2.34. The maximum absolute atomic E-state index is 12.6. The zero-order chi connectivity index (χ0) is 17.7. The molecule has 0 aliphatic carbocycles. The Morgan fingerprint density at radius 3 is 2.20 bits per heavy atom. The molecule has 2 saturated heterocycles. The van der Waals surface area contributed by atoms with Crippen LogP contribution in [0.5, 0.6) is 0 Å². The second kappa shape index (κ2) is 8.13. The van der Waals surface area contributed by atoms with Crippen LogP contribution in [0.3, 0.4) is 0 Å². The Morgan fingerprint density at radius 2 is 1.56 bits per heavy atom. The van der Waals surface area contributed by atoms with Crippen LogP contribution >= 0.6 is 0 Å². The van der Waals surface area contributed by atoms with E-state index in [4.69, 9.17) is 4.74 Å². The van der Waals surface area contributed by atoms with Crippen molar-refractivity contribution in [3.8, 4) is 0 Å². The maximum atomic E-state index is 12.6. The van der Waals surface area contributed by atoms with Crippen molar-refractivity contribution in [1.29, 1.82) is 0 Å². The first-order valence-corrected chi connectivity index (χ1v) is 9.87. The standard InChI is InChI=1S/C16H24N4O4S/c21-16(14-17-15-4-2-1-3-5-15)18-6-8-19(9-7-18)25(22,23)20-10-12-24-13-11-20/h1-5,17H,6-14H2. The van der Waals surface area contributed by atoms with Crippen molar-refractivity contribution in [2.75, 3.05) is 64.3 Å². The lowest BCUT2D eigenvalue weighted by atomic mass is 10.3. The van der Waals surface area contributed by atoms with Crippen molar-refractivity contribution < 1.29 is 17.9 Å². The molecule has 0 spiro atoms. The van der Waals surface area contributed by atoms with Crippen LogP contribution < -0.4 is 5.32 Å². The second-order valence-corrected chi connectivity index (χ2v) is 7.95. The number of hydrogen-bond donors (Lipinski definition) is 1. The molecule has 9 heteroatoms. The molecule has 2 heterocycles. The number of rotatable bonds is 5. The van der Waals surface area contributed by atoms with E-state index in [2.05, 4.69) is 5.32 Å². The normalized spacial score (nSPS) is 20.4. The number of hydrogen-bond acceptors (Lipinski definition) is 5. The number of piperazine rings is 1. The van der Waals surface area contributed by atoms with Gasteiger partial charge in [-0.3, -0.25) is 4.79 Å². The molecular formula is C16H24N4O4S. The molecule has 2 fully saturated rings. The molecular weight excluding hydrogens is 344 g/mol. The monoisotopic (exact) mass is 368 g/mol. The van der Waals surface area contributed by atoms with Gasteiger partial charge < -0.3 is 15.0 Å². The van der Waals surface area contributed by atoms with Crippen molar-refractivity contribution in [3.05, 3.63) is 30.3 Å². The molecule has 0 aromatic heterocycles. The molecule has 1 aromatic rings. The van der Waals surface area contributed by atoms with Crippen LogP contribution in [-0.4, -0.2) is 86.9 Å². The topological polar surface area (TPSA) is 82.2 Å². The van der Waals surface area contributed by atoms with Crippen LogP contribution in [-0.2, 0) is 19.7 Å². The fraction of sp³-hybridized carbons (Fsp3) is 0.562. The number of nitrogens with zero attached hydrogens (tertiary/aromatic N) is 3. The number of ether oxygens (including phenoxy) is 1. The largest absolute Gasteiger partial charge is 0.379 e. The summed E-state index contributed by atoms with van der Waals surface area (Å²) in [5.41, 5.74) is 0.893. The van der Waals surface area contributed by atoms with Gasteiger partial charge in [0, 0.05) is 45.0 Å². The number of carbonyl (C=O) groups excluding carboxylic acids is 1. The van der Waals surface area contributed by atoms with Gasteiger partial charge in [-0.25, -0.2) is 0 Å². The Morgan fingerprint density at radius 1 is 0.960 bits per heavy atom. The first kappa shape index (κ1) is 18.1. The lowest BCUT2D eigenvalue weighted by Gasteiger charge is -2.37. The molecule has 138 valence electrons. The predicted octanol–water partition coefficient (Wildman–Crippen LogP) is -0.180. The van der Waals surface area contributed by atoms with E-state index >= 15 is 0 Å². The molecule has 0 saturated carbocycles. The van der Waals surface area contributed by atoms with Gasteiger partial charge in [0.25, 0.3) is 10.2 Å². The second-order valence-electron chi connectivity index (χ2n) is 6.02. The summed E-state index contributed by atoms with van der Waals surface area (Å²) >= 11 is 0. The van der Waals surface area contributed by atoms with Gasteiger partial charge >= 0.3 is 0 Å². The van der Waals surface area contributed by atoms with Crippen LogP contribution in [0.4, 0.5) is 5.69 Å². The molecule has 0 radical (unpaired) electrons. The summed E-state index contributed by atoms with van der Waals surface area (Å²) < 4.78 is 33.4. The number of morpholine rings is 1. The molecule has 2 aliphatic rings. The number of amides is 1. The van der Waals surface area contributed by atoms with Gasteiger partial charge in [-0.05, 0) is 12.1 Å². The van der Waals surface area contributed by atoms with Crippen molar-refractivity contribution in [3.63, 3.8) is 0 Å². The summed E-state index contributed by atoms with van der Waals surface area (Å²) in [4.78, 5) is 14.0. The van der Waals surface area contributed by atoms with Gasteiger partial charge in [0.1, 0.15) is 0 Å². The van der Waals surface area contributed by atoms with Crippen LogP contribution in [0.1, 0.15) is 0 Å². The van der Waals surface area contributed by atoms with Gasteiger partial charge in [-0.1, -0.05) is 18.2 Å². The highest BCUT2D eigenvalue weighted by molar-refractivity contribution is 7.86. The third kappa shape index (κ3) is 4.49. The Hall–Kier alpha value is -1.68. The lowest BCUT2D eigenvalue weighted by Crippen LogP contribution is -2.56. The van der Waals surface area contributed by atoms with Crippen LogP contribution in [0, 0.1) is 0 Å². The highest BCUT2D eigenvalue weighted by atomic mass is 32.2. The molecule has 3 rings (SSSR count). The van der Waals surface area contributed by atoms with E-state index in [-0.39, 0.29) is 12.5 Å². The molecule has 25 heavy (non-hydrogen) atoms. The van der Waals surface area contributed by atoms with E-state index in [0.717, 1.165) is 5.69 Å². The molecule has 8 nitrogen and oxygen atoms in total. The van der Waals surface area contributed by atoms with Crippen LogP contribution in [0.25, 0.3) is 0 Å². The number of benzene rings is 1. The SMILES string of the molecule is O=C(CNc1ccccc1)N1CCN(S(=O)(=O)N2CCOCC2)CC1. The van der Waals surface area contributed by atoms with Crippen LogP contribution in [0.15, 0.2) is 30.3 Å². The van der Waals surface area contributed by atoms with Crippen molar-refractivity contribution >= 4 is 21.8 Å². The Kier molecular flexibility index (Phi) is 5.89. The first-order chi connectivity index (χ1) is 12.1. The minimum Gasteiger partial charge on any atom is -0.379 e. The quantitative estimate of drug-likeness (QED) is 0.780. The van der Waals surface area contributed by atoms with Gasteiger partial charge in [-0.2, -0.15) is 17.0 Å². The zero-order valence-electron chi connectivity index (χ0n) is 14.1. The van der Waals surface area contributed by atoms with Crippen molar-refractivity contribution in [2.45, 2.75) is 0 Å². The minimum atomic E-state index is -3.46. The van der Waals surface area contributed by atoms with Gasteiger partial charge in [0.05, 0.1) is 19.8 Å². The summed E-state index contributed by atoms with van der Waals surface area (Å²) in [6, 6.07) is 9.53. The summed E-state index contributed by atoms with van der Waals surface area (Å²) in [6.45, 7) is 3.35. The van der Waals surface area contributed by atoms with Gasteiger partial charge in [-0.15, -0.1) is 0 Å². The minimum absolute atomic E-state index is 0.0210.